The van der Waals surface area contributed by atoms with Gasteiger partial charge >= 0.3 is 0 Å². The molecule has 0 radical (unpaired) electrons. The Hall–Kier alpha value is -3.32. The van der Waals surface area contributed by atoms with Crippen molar-refractivity contribution < 1.29 is 22.7 Å². The van der Waals surface area contributed by atoms with E-state index in [-0.39, 0.29) is 11.4 Å². The van der Waals surface area contributed by atoms with Gasteiger partial charge in [0, 0.05) is 30.6 Å². The Labute approximate surface area is 188 Å². The van der Waals surface area contributed by atoms with E-state index in [0.29, 0.717) is 18.0 Å². The molecule has 32 heavy (non-hydrogen) atoms. The van der Waals surface area contributed by atoms with E-state index in [0.717, 1.165) is 11.1 Å². The second-order valence-corrected chi connectivity index (χ2v) is 9.76. The molecule has 166 valence electrons. The van der Waals surface area contributed by atoms with Crippen LogP contribution in [0.1, 0.15) is 17.0 Å². The highest BCUT2D eigenvalue weighted by Gasteiger charge is 2.49. The molecule has 1 fully saturated rings. The summed E-state index contributed by atoms with van der Waals surface area (Å²) in [5, 5.41) is -1.18. The average molecular weight is 452 g/mol. The number of nitrogens with zero attached hydrogens (tertiary/aromatic N) is 1. The quantitative estimate of drug-likeness (QED) is 0.548. The lowest BCUT2D eigenvalue weighted by molar-refractivity contribution is -0.127. The van der Waals surface area contributed by atoms with E-state index in [1.807, 2.05) is 36.4 Å². The topological polar surface area (TPSA) is 72.9 Å². The first kappa shape index (κ1) is 21.9. The number of carbonyl (C=O) groups excluding carboxylic acids is 1. The minimum absolute atomic E-state index is 0.156. The highest BCUT2D eigenvalue weighted by molar-refractivity contribution is 7.92. The molecular formula is C25H25NO5S. The molecule has 6 nitrogen and oxygen atoms in total. The fourth-order valence-electron chi connectivity index (χ4n) is 4.19. The van der Waals surface area contributed by atoms with E-state index in [1.54, 1.807) is 61.6 Å². The molecule has 1 heterocycles. The molecule has 1 aliphatic heterocycles. The Balaban J connectivity index is 1.72. The van der Waals surface area contributed by atoms with Crippen LogP contribution in [0.25, 0.3) is 0 Å². The number of sulfone groups is 1. The van der Waals surface area contributed by atoms with Crippen molar-refractivity contribution >= 4 is 15.7 Å². The Morgan fingerprint density at radius 3 is 2.19 bits per heavy atom. The van der Waals surface area contributed by atoms with E-state index in [4.69, 9.17) is 9.47 Å². The number of hydrogen-bond acceptors (Lipinski definition) is 5. The predicted octanol–water partition coefficient (Wildman–Crippen LogP) is 3.67. The maximum Gasteiger partial charge on any atom is 0.242 e. The molecule has 0 saturated carbocycles. The number of benzene rings is 3. The molecule has 0 N–H and O–H groups in total. The number of rotatable bonds is 7. The van der Waals surface area contributed by atoms with Gasteiger partial charge < -0.3 is 14.4 Å². The molecule has 0 aliphatic carbocycles. The number of amides is 1. The van der Waals surface area contributed by atoms with Crippen molar-refractivity contribution in [2.75, 3.05) is 20.8 Å². The van der Waals surface area contributed by atoms with Crippen LogP contribution < -0.4 is 9.47 Å². The van der Waals surface area contributed by atoms with Gasteiger partial charge in [-0.2, -0.15) is 0 Å². The number of methoxy groups -OCH3 is 2. The lowest BCUT2D eigenvalue weighted by Gasteiger charge is -2.19. The van der Waals surface area contributed by atoms with E-state index in [2.05, 4.69) is 0 Å². The van der Waals surface area contributed by atoms with E-state index >= 15 is 0 Å². The molecule has 0 unspecified atom stereocenters. The third-order valence-corrected chi connectivity index (χ3v) is 7.95. The summed E-state index contributed by atoms with van der Waals surface area (Å²) >= 11 is 0. The van der Waals surface area contributed by atoms with Crippen LogP contribution in [0.3, 0.4) is 0 Å². The molecule has 1 saturated heterocycles. The molecule has 1 amide bonds. The van der Waals surface area contributed by atoms with Crippen molar-refractivity contribution in [2.45, 2.75) is 22.6 Å². The summed E-state index contributed by atoms with van der Waals surface area (Å²) in [6.07, 6.45) is 0. The molecule has 7 heteroatoms. The second-order valence-electron chi connectivity index (χ2n) is 7.69. The number of likely N-dealkylation sites (tertiary alicyclic amines) is 1. The summed E-state index contributed by atoms with van der Waals surface area (Å²) in [4.78, 5) is 15.3. The van der Waals surface area contributed by atoms with Gasteiger partial charge in [-0.25, -0.2) is 8.42 Å². The highest BCUT2D eigenvalue weighted by atomic mass is 32.2. The standard InChI is InChI=1S/C25H25NO5S/c1-30-20-14-13-19(23(15-20)31-2)16-26-17-22(18-9-5-3-6-10-18)24(25(26)27)32(28,29)21-11-7-4-8-12-21/h3-15,22,24H,16-17H2,1-2H3/t22-,24-/m1/s1. The van der Waals surface area contributed by atoms with Crippen LogP contribution in [0.2, 0.25) is 0 Å². The van der Waals surface area contributed by atoms with Gasteiger partial charge in [-0.15, -0.1) is 0 Å². The van der Waals surface area contributed by atoms with Crippen LogP contribution in [0.4, 0.5) is 0 Å². The summed E-state index contributed by atoms with van der Waals surface area (Å²) in [5.41, 5.74) is 1.61. The van der Waals surface area contributed by atoms with Crippen molar-refractivity contribution in [3.05, 3.63) is 90.0 Å². The van der Waals surface area contributed by atoms with E-state index in [1.165, 1.54) is 0 Å². The molecular weight excluding hydrogens is 426 g/mol. The third-order valence-electron chi connectivity index (χ3n) is 5.83. The molecule has 2 atom stereocenters. The molecule has 0 spiro atoms. The average Bonchev–Trinajstić information content (AvgIpc) is 3.17. The summed E-state index contributed by atoms with van der Waals surface area (Å²) in [7, 11) is -0.753. The zero-order valence-corrected chi connectivity index (χ0v) is 18.8. The van der Waals surface area contributed by atoms with Crippen LogP contribution in [0.5, 0.6) is 11.5 Å². The molecule has 3 aromatic rings. The van der Waals surface area contributed by atoms with Gasteiger partial charge in [0.15, 0.2) is 15.1 Å². The first-order valence-electron chi connectivity index (χ1n) is 10.3. The van der Waals surface area contributed by atoms with Gasteiger partial charge in [-0.3, -0.25) is 4.79 Å². The Morgan fingerprint density at radius 1 is 0.906 bits per heavy atom. The van der Waals surface area contributed by atoms with Crippen molar-refractivity contribution in [1.82, 2.24) is 4.90 Å². The molecule has 3 aromatic carbocycles. The Bertz CT molecular complexity index is 1200. The summed E-state index contributed by atoms with van der Waals surface area (Å²) in [6, 6.07) is 22.9. The van der Waals surface area contributed by atoms with Gasteiger partial charge in [-0.1, -0.05) is 48.5 Å². The number of hydrogen-bond donors (Lipinski definition) is 0. The van der Waals surface area contributed by atoms with Crippen LogP contribution >= 0.6 is 0 Å². The zero-order valence-electron chi connectivity index (χ0n) is 18.0. The SMILES string of the molecule is COc1ccc(CN2C[C@H](c3ccccc3)[C@@H](S(=O)(=O)c3ccccc3)C2=O)c(OC)c1. The second kappa shape index (κ2) is 9.04. The van der Waals surface area contributed by atoms with E-state index in [9.17, 15) is 13.2 Å². The third kappa shape index (κ3) is 4.08. The monoisotopic (exact) mass is 451 g/mol. The summed E-state index contributed by atoms with van der Waals surface area (Å²) in [6.45, 7) is 0.547. The lowest BCUT2D eigenvalue weighted by Crippen LogP contribution is -2.35. The van der Waals surface area contributed by atoms with Gasteiger partial charge in [0.05, 0.1) is 19.1 Å². The van der Waals surface area contributed by atoms with Gasteiger partial charge in [-0.05, 0) is 29.8 Å². The first-order valence-corrected chi connectivity index (χ1v) is 11.8. The zero-order chi connectivity index (χ0) is 22.7. The summed E-state index contributed by atoms with van der Waals surface area (Å²) in [5.74, 6) is 0.353. The minimum atomic E-state index is -3.88. The van der Waals surface area contributed by atoms with Crippen LogP contribution in [-0.4, -0.2) is 45.2 Å². The van der Waals surface area contributed by atoms with Crippen molar-refractivity contribution in [3.8, 4) is 11.5 Å². The van der Waals surface area contributed by atoms with Crippen molar-refractivity contribution in [3.63, 3.8) is 0 Å². The largest absolute Gasteiger partial charge is 0.497 e. The summed E-state index contributed by atoms with van der Waals surface area (Å²) < 4.78 is 37.8. The molecule has 4 rings (SSSR count). The Morgan fingerprint density at radius 2 is 1.56 bits per heavy atom. The predicted molar refractivity (Wildman–Crippen MR) is 122 cm³/mol. The minimum Gasteiger partial charge on any atom is -0.497 e. The van der Waals surface area contributed by atoms with Crippen molar-refractivity contribution in [1.29, 1.82) is 0 Å². The van der Waals surface area contributed by atoms with Gasteiger partial charge in [0.25, 0.3) is 0 Å². The van der Waals surface area contributed by atoms with Crippen LogP contribution in [-0.2, 0) is 21.2 Å². The maximum atomic E-state index is 13.5. The normalized spacial score (nSPS) is 18.6. The first-order chi connectivity index (χ1) is 15.5. The van der Waals surface area contributed by atoms with Crippen molar-refractivity contribution in [2.24, 2.45) is 0 Å². The van der Waals surface area contributed by atoms with Crippen LogP contribution in [0, 0.1) is 0 Å². The van der Waals surface area contributed by atoms with Crippen LogP contribution in [0.15, 0.2) is 83.8 Å². The number of ether oxygens (including phenoxy) is 2. The molecule has 0 bridgehead atoms. The molecule has 1 aliphatic rings. The maximum absolute atomic E-state index is 13.5. The molecule has 0 aromatic heterocycles. The fraction of sp³-hybridized carbons (Fsp3) is 0.240. The van der Waals surface area contributed by atoms with Gasteiger partial charge in [0.2, 0.25) is 5.91 Å². The Kier molecular flexibility index (Phi) is 6.19. The van der Waals surface area contributed by atoms with Gasteiger partial charge in [0.1, 0.15) is 11.5 Å². The highest BCUT2D eigenvalue weighted by Crippen LogP contribution is 2.38. The smallest absolute Gasteiger partial charge is 0.242 e. The lowest BCUT2D eigenvalue weighted by atomic mass is 9.98. The fourth-order valence-corrected chi connectivity index (χ4v) is 6.11. The number of carbonyl (C=O) groups is 1. The van der Waals surface area contributed by atoms with E-state index < -0.39 is 26.9 Å².